The number of rotatable bonds is 9. The van der Waals surface area contributed by atoms with Crippen molar-refractivity contribution in [1.82, 2.24) is 4.90 Å². The molecular formula is C24H31NO6. The maximum atomic E-state index is 12.4. The molecule has 1 amide bonds. The van der Waals surface area contributed by atoms with E-state index in [-0.39, 0.29) is 24.7 Å². The summed E-state index contributed by atoms with van der Waals surface area (Å²) in [7, 11) is 0. The lowest BCUT2D eigenvalue weighted by molar-refractivity contribution is -0.154. The Morgan fingerprint density at radius 1 is 1.03 bits per heavy atom. The van der Waals surface area contributed by atoms with E-state index in [1.54, 1.807) is 17.0 Å². The first-order valence-corrected chi connectivity index (χ1v) is 10.9. The Balaban J connectivity index is 1.55. The summed E-state index contributed by atoms with van der Waals surface area (Å²) in [5.41, 5.74) is 1.95. The SMILES string of the molecule is CC(C)CN(CC(C)C)C(=O)COC(=O)COc1ccc2c3c(c(=O)oc2c1)CCC3. The van der Waals surface area contributed by atoms with E-state index < -0.39 is 5.97 Å². The smallest absolute Gasteiger partial charge is 0.344 e. The van der Waals surface area contributed by atoms with Crippen molar-refractivity contribution in [3.05, 3.63) is 39.7 Å². The van der Waals surface area contributed by atoms with Crippen LogP contribution in [0.15, 0.2) is 27.4 Å². The van der Waals surface area contributed by atoms with Gasteiger partial charge in [-0.15, -0.1) is 0 Å². The van der Waals surface area contributed by atoms with Gasteiger partial charge in [-0.05, 0) is 48.8 Å². The monoisotopic (exact) mass is 429 g/mol. The molecule has 0 atom stereocenters. The Labute approximate surface area is 182 Å². The molecule has 1 aliphatic rings. The highest BCUT2D eigenvalue weighted by molar-refractivity contribution is 5.83. The summed E-state index contributed by atoms with van der Waals surface area (Å²) < 4.78 is 16.0. The highest BCUT2D eigenvalue weighted by Crippen LogP contribution is 2.29. The standard InChI is InChI=1S/C24H31NO6/c1-15(2)11-25(12-16(3)4)22(26)13-30-23(27)14-29-17-8-9-19-18-6-5-7-20(18)24(28)31-21(19)10-17/h8-10,15-16H,5-7,11-14H2,1-4H3. The number of hydrogen-bond donors (Lipinski definition) is 0. The summed E-state index contributed by atoms with van der Waals surface area (Å²) in [6.45, 7) is 8.78. The number of esters is 1. The van der Waals surface area contributed by atoms with E-state index in [4.69, 9.17) is 13.9 Å². The van der Waals surface area contributed by atoms with Crippen molar-refractivity contribution in [1.29, 1.82) is 0 Å². The van der Waals surface area contributed by atoms with Gasteiger partial charge in [0.2, 0.25) is 0 Å². The van der Waals surface area contributed by atoms with Crippen LogP contribution in [0.4, 0.5) is 0 Å². The molecule has 7 nitrogen and oxygen atoms in total. The molecule has 0 aliphatic heterocycles. The van der Waals surface area contributed by atoms with Gasteiger partial charge in [0, 0.05) is 30.1 Å². The van der Waals surface area contributed by atoms with Crippen LogP contribution < -0.4 is 10.4 Å². The third-order valence-corrected chi connectivity index (χ3v) is 5.18. The fourth-order valence-corrected chi connectivity index (χ4v) is 3.93. The third kappa shape index (κ3) is 5.87. The first-order chi connectivity index (χ1) is 14.7. The summed E-state index contributed by atoms with van der Waals surface area (Å²) in [5.74, 6) is 0.222. The van der Waals surface area contributed by atoms with Gasteiger partial charge in [-0.1, -0.05) is 27.7 Å². The van der Waals surface area contributed by atoms with Gasteiger partial charge in [-0.25, -0.2) is 9.59 Å². The van der Waals surface area contributed by atoms with Crippen LogP contribution in [0.3, 0.4) is 0 Å². The minimum Gasteiger partial charge on any atom is -0.482 e. The molecule has 0 bridgehead atoms. The second-order valence-corrected chi connectivity index (χ2v) is 8.89. The van der Waals surface area contributed by atoms with Gasteiger partial charge in [0.1, 0.15) is 11.3 Å². The topological polar surface area (TPSA) is 86.0 Å². The van der Waals surface area contributed by atoms with Crippen LogP contribution in [-0.2, 0) is 27.2 Å². The number of carbonyl (C=O) groups is 2. The van der Waals surface area contributed by atoms with E-state index in [0.29, 0.717) is 36.3 Å². The van der Waals surface area contributed by atoms with Crippen molar-refractivity contribution in [2.24, 2.45) is 11.8 Å². The van der Waals surface area contributed by atoms with Crippen molar-refractivity contribution in [3.63, 3.8) is 0 Å². The Hall–Kier alpha value is -2.83. The predicted molar refractivity (Wildman–Crippen MR) is 117 cm³/mol. The summed E-state index contributed by atoms with van der Waals surface area (Å²) in [6.07, 6.45) is 2.57. The first-order valence-electron chi connectivity index (χ1n) is 10.9. The maximum absolute atomic E-state index is 12.4. The molecule has 0 saturated carbocycles. The number of amides is 1. The average molecular weight is 430 g/mol. The van der Waals surface area contributed by atoms with Crippen LogP contribution >= 0.6 is 0 Å². The fourth-order valence-electron chi connectivity index (χ4n) is 3.93. The molecule has 1 aromatic carbocycles. The zero-order valence-corrected chi connectivity index (χ0v) is 18.7. The first kappa shape index (κ1) is 22.8. The van der Waals surface area contributed by atoms with Gasteiger partial charge in [0.05, 0.1) is 0 Å². The number of aryl methyl sites for hydroxylation is 1. The molecule has 7 heteroatoms. The van der Waals surface area contributed by atoms with Crippen molar-refractivity contribution in [2.45, 2.75) is 47.0 Å². The lowest BCUT2D eigenvalue weighted by Gasteiger charge is -2.26. The third-order valence-electron chi connectivity index (χ3n) is 5.18. The van der Waals surface area contributed by atoms with E-state index in [9.17, 15) is 14.4 Å². The van der Waals surface area contributed by atoms with Crippen LogP contribution in [0.1, 0.15) is 45.2 Å². The summed E-state index contributed by atoms with van der Waals surface area (Å²) in [6, 6.07) is 5.20. The van der Waals surface area contributed by atoms with Crippen LogP contribution in [0, 0.1) is 11.8 Å². The van der Waals surface area contributed by atoms with Gasteiger partial charge >= 0.3 is 11.6 Å². The molecule has 0 spiro atoms. The summed E-state index contributed by atoms with van der Waals surface area (Å²) >= 11 is 0. The number of nitrogens with zero attached hydrogens (tertiary/aromatic N) is 1. The van der Waals surface area contributed by atoms with Crippen molar-refractivity contribution < 1.29 is 23.5 Å². The summed E-state index contributed by atoms with van der Waals surface area (Å²) in [5, 5.41) is 0.906. The molecule has 2 aromatic rings. The molecule has 0 fully saturated rings. The Morgan fingerprint density at radius 2 is 1.71 bits per heavy atom. The van der Waals surface area contributed by atoms with Gasteiger partial charge < -0.3 is 18.8 Å². The molecule has 0 unspecified atom stereocenters. The number of ether oxygens (including phenoxy) is 2. The molecule has 1 heterocycles. The van der Waals surface area contributed by atoms with Crippen molar-refractivity contribution in [2.75, 3.05) is 26.3 Å². The van der Waals surface area contributed by atoms with Crippen LogP contribution in [0.5, 0.6) is 5.75 Å². The molecule has 1 aliphatic carbocycles. The van der Waals surface area contributed by atoms with E-state index in [2.05, 4.69) is 0 Å². The zero-order chi connectivity index (χ0) is 22.5. The number of fused-ring (bicyclic) bond motifs is 3. The quantitative estimate of drug-likeness (QED) is 0.449. The maximum Gasteiger partial charge on any atom is 0.344 e. The highest BCUT2D eigenvalue weighted by atomic mass is 16.6. The van der Waals surface area contributed by atoms with Crippen molar-refractivity contribution >= 4 is 22.8 Å². The lowest BCUT2D eigenvalue weighted by Crippen LogP contribution is -2.39. The molecule has 0 N–H and O–H groups in total. The highest BCUT2D eigenvalue weighted by Gasteiger charge is 2.20. The molecule has 1 aromatic heterocycles. The molecule has 3 rings (SSSR count). The molecule has 31 heavy (non-hydrogen) atoms. The predicted octanol–water partition coefficient (Wildman–Crippen LogP) is 3.34. The van der Waals surface area contributed by atoms with Crippen molar-refractivity contribution in [3.8, 4) is 5.75 Å². The molecule has 168 valence electrons. The van der Waals surface area contributed by atoms with E-state index in [1.165, 1.54) is 0 Å². The average Bonchev–Trinajstić information content (AvgIpc) is 3.20. The van der Waals surface area contributed by atoms with E-state index in [1.807, 2.05) is 33.8 Å². The van der Waals surface area contributed by atoms with E-state index in [0.717, 1.165) is 35.8 Å². The minimum atomic E-state index is -0.627. The van der Waals surface area contributed by atoms with Gasteiger partial charge in [-0.2, -0.15) is 0 Å². The Bertz CT molecular complexity index is 997. The molecule has 0 radical (unpaired) electrons. The van der Waals surface area contributed by atoms with Gasteiger partial charge in [0.25, 0.3) is 5.91 Å². The normalized spacial score (nSPS) is 13.0. The summed E-state index contributed by atoms with van der Waals surface area (Å²) in [4.78, 5) is 38.3. The second-order valence-electron chi connectivity index (χ2n) is 8.89. The van der Waals surface area contributed by atoms with Crippen LogP contribution in [0.25, 0.3) is 11.0 Å². The van der Waals surface area contributed by atoms with Crippen LogP contribution in [0.2, 0.25) is 0 Å². The van der Waals surface area contributed by atoms with E-state index >= 15 is 0 Å². The number of hydrogen-bond acceptors (Lipinski definition) is 6. The fraction of sp³-hybridized carbons (Fsp3) is 0.542. The minimum absolute atomic E-state index is 0.211. The number of benzene rings is 1. The Kier molecular flexibility index (Phi) is 7.36. The zero-order valence-electron chi connectivity index (χ0n) is 18.7. The molecule has 0 saturated heterocycles. The molecular weight excluding hydrogens is 398 g/mol. The Morgan fingerprint density at radius 3 is 2.39 bits per heavy atom. The van der Waals surface area contributed by atoms with Gasteiger partial charge in [0.15, 0.2) is 13.2 Å². The largest absolute Gasteiger partial charge is 0.482 e. The number of carbonyl (C=O) groups excluding carboxylic acids is 2. The van der Waals surface area contributed by atoms with Gasteiger partial charge in [-0.3, -0.25) is 4.79 Å². The second kappa shape index (κ2) is 9.98. The lowest BCUT2D eigenvalue weighted by atomic mass is 10.1. The van der Waals surface area contributed by atoms with Crippen LogP contribution in [-0.4, -0.2) is 43.1 Å².